The molecule has 1 N–H and O–H groups in total. The fourth-order valence-corrected chi connectivity index (χ4v) is 7.60. The molecule has 0 saturated carbocycles. The SMILES string of the molecule is C=CC(=O)N1CCN(c2nc(OC[C@@H]3CCCN3C)nc3c2CCC2(CCN(c4c(O)cccc4F)CC2)C3)C[C@@H]1CC#N. The lowest BCUT2D eigenvalue weighted by atomic mass is 9.67. The second kappa shape index (κ2) is 12.6. The minimum Gasteiger partial charge on any atom is -0.506 e. The van der Waals surface area contributed by atoms with Crippen LogP contribution in [0.5, 0.6) is 11.8 Å². The molecule has 11 heteroatoms. The lowest BCUT2D eigenvalue weighted by Gasteiger charge is -2.46. The van der Waals surface area contributed by atoms with E-state index in [0.29, 0.717) is 51.4 Å². The number of hydrogen-bond acceptors (Lipinski definition) is 9. The average molecular weight is 604 g/mol. The van der Waals surface area contributed by atoms with Gasteiger partial charge in [-0.3, -0.25) is 4.79 Å². The molecule has 4 aliphatic rings. The van der Waals surface area contributed by atoms with Gasteiger partial charge in [0.05, 0.1) is 24.2 Å². The van der Waals surface area contributed by atoms with Crippen molar-refractivity contribution in [3.63, 3.8) is 0 Å². The average Bonchev–Trinajstić information content (AvgIpc) is 3.44. The molecule has 0 bridgehead atoms. The van der Waals surface area contributed by atoms with Crippen molar-refractivity contribution in [3.8, 4) is 17.8 Å². The van der Waals surface area contributed by atoms with Gasteiger partial charge in [0.1, 0.15) is 29.7 Å². The van der Waals surface area contributed by atoms with Gasteiger partial charge < -0.3 is 29.4 Å². The van der Waals surface area contributed by atoms with E-state index in [4.69, 9.17) is 14.7 Å². The number of halogens is 1. The van der Waals surface area contributed by atoms with E-state index >= 15 is 0 Å². The van der Waals surface area contributed by atoms with Crippen LogP contribution in [0.4, 0.5) is 15.9 Å². The van der Waals surface area contributed by atoms with Gasteiger partial charge >= 0.3 is 6.01 Å². The number of benzene rings is 1. The molecule has 1 amide bonds. The number of rotatable bonds is 7. The van der Waals surface area contributed by atoms with E-state index in [0.717, 1.165) is 68.6 Å². The highest BCUT2D eigenvalue weighted by Gasteiger charge is 2.41. The molecule has 1 aromatic carbocycles. The third-order valence-electron chi connectivity index (χ3n) is 10.2. The van der Waals surface area contributed by atoms with Crippen molar-refractivity contribution in [2.75, 3.05) is 62.7 Å². The van der Waals surface area contributed by atoms with Crippen molar-refractivity contribution in [3.05, 3.63) is 47.9 Å². The Bertz CT molecular complexity index is 1420. The van der Waals surface area contributed by atoms with Gasteiger partial charge in [0.2, 0.25) is 5.91 Å². The number of likely N-dealkylation sites (tertiary alicyclic amines) is 1. The number of anilines is 2. The number of piperidine rings is 1. The van der Waals surface area contributed by atoms with Gasteiger partial charge in [0.25, 0.3) is 0 Å². The Morgan fingerprint density at radius 1 is 1.18 bits per heavy atom. The highest BCUT2D eigenvalue weighted by atomic mass is 19.1. The van der Waals surface area contributed by atoms with Crippen molar-refractivity contribution < 1.29 is 19.0 Å². The number of phenolic OH excluding ortho intramolecular Hbond substituents is 1. The summed E-state index contributed by atoms with van der Waals surface area (Å²) in [5, 5.41) is 19.9. The normalized spacial score (nSPS) is 23.3. The van der Waals surface area contributed by atoms with Crippen LogP contribution in [0.2, 0.25) is 0 Å². The van der Waals surface area contributed by atoms with Crippen molar-refractivity contribution in [2.45, 2.75) is 63.5 Å². The number of carbonyl (C=O) groups excluding carboxylic acids is 1. The lowest BCUT2D eigenvalue weighted by molar-refractivity contribution is -0.128. The first-order chi connectivity index (χ1) is 21.3. The summed E-state index contributed by atoms with van der Waals surface area (Å²) in [5.74, 6) is 0.275. The molecular formula is C33H42FN7O3. The Labute approximate surface area is 258 Å². The molecule has 2 aromatic rings. The number of ether oxygens (including phenoxy) is 1. The quantitative estimate of drug-likeness (QED) is 0.474. The summed E-state index contributed by atoms with van der Waals surface area (Å²) in [4.78, 5) is 30.7. The molecule has 0 radical (unpaired) electrons. The maximum atomic E-state index is 14.6. The summed E-state index contributed by atoms with van der Waals surface area (Å²) in [6.07, 6.45) is 8.09. The summed E-state index contributed by atoms with van der Waals surface area (Å²) in [6, 6.07) is 7.17. The first-order valence-electron chi connectivity index (χ1n) is 15.8. The van der Waals surface area contributed by atoms with Gasteiger partial charge in [-0.25, -0.2) is 4.39 Å². The smallest absolute Gasteiger partial charge is 0.318 e. The Hall–Kier alpha value is -3.91. The molecule has 1 aliphatic carbocycles. The highest BCUT2D eigenvalue weighted by molar-refractivity contribution is 5.87. The van der Waals surface area contributed by atoms with Crippen LogP contribution in [0.1, 0.15) is 49.8 Å². The predicted octanol–water partition coefficient (Wildman–Crippen LogP) is 3.69. The summed E-state index contributed by atoms with van der Waals surface area (Å²) >= 11 is 0. The van der Waals surface area contributed by atoms with Crippen LogP contribution in [0.25, 0.3) is 0 Å². The second-order valence-corrected chi connectivity index (χ2v) is 12.8. The van der Waals surface area contributed by atoms with E-state index in [2.05, 4.69) is 29.5 Å². The summed E-state index contributed by atoms with van der Waals surface area (Å²) in [5.41, 5.74) is 2.43. The number of nitrogens with zero attached hydrogens (tertiary/aromatic N) is 7. The molecule has 3 aliphatic heterocycles. The van der Waals surface area contributed by atoms with Crippen LogP contribution in [0.15, 0.2) is 30.9 Å². The van der Waals surface area contributed by atoms with Gasteiger partial charge in [0.15, 0.2) is 0 Å². The van der Waals surface area contributed by atoms with E-state index < -0.39 is 5.82 Å². The van der Waals surface area contributed by atoms with Crippen molar-refractivity contribution in [1.29, 1.82) is 5.26 Å². The zero-order valence-corrected chi connectivity index (χ0v) is 25.5. The van der Waals surface area contributed by atoms with Crippen LogP contribution in [-0.4, -0.2) is 95.8 Å². The molecule has 234 valence electrons. The van der Waals surface area contributed by atoms with Crippen molar-refractivity contribution in [1.82, 2.24) is 19.8 Å². The Kier molecular flexibility index (Phi) is 8.63. The number of aromatic hydroxyl groups is 1. The van der Waals surface area contributed by atoms with Gasteiger partial charge in [-0.15, -0.1) is 0 Å². The number of hydrogen-bond donors (Lipinski definition) is 1. The first-order valence-corrected chi connectivity index (χ1v) is 15.8. The molecule has 1 spiro atoms. The summed E-state index contributed by atoms with van der Waals surface area (Å²) in [6.45, 7) is 8.15. The molecule has 10 nitrogen and oxygen atoms in total. The van der Waals surface area contributed by atoms with Crippen molar-refractivity contribution >= 4 is 17.4 Å². The molecule has 3 saturated heterocycles. The van der Waals surface area contributed by atoms with Crippen LogP contribution >= 0.6 is 0 Å². The largest absolute Gasteiger partial charge is 0.506 e. The van der Waals surface area contributed by atoms with Gasteiger partial charge in [-0.2, -0.15) is 15.2 Å². The number of carbonyl (C=O) groups is 1. The molecule has 0 unspecified atom stereocenters. The zero-order valence-electron chi connectivity index (χ0n) is 25.5. The molecule has 44 heavy (non-hydrogen) atoms. The predicted molar refractivity (Wildman–Crippen MR) is 165 cm³/mol. The molecule has 3 fully saturated rings. The fourth-order valence-electron chi connectivity index (χ4n) is 7.60. The zero-order chi connectivity index (χ0) is 30.8. The molecular weight excluding hydrogens is 561 g/mol. The second-order valence-electron chi connectivity index (χ2n) is 12.8. The Morgan fingerprint density at radius 2 is 2.00 bits per heavy atom. The van der Waals surface area contributed by atoms with E-state index in [-0.39, 0.29) is 35.2 Å². The summed E-state index contributed by atoms with van der Waals surface area (Å²) < 4.78 is 20.9. The van der Waals surface area contributed by atoms with E-state index in [1.165, 1.54) is 24.3 Å². The minimum atomic E-state index is -0.397. The molecule has 1 aromatic heterocycles. The Balaban J connectivity index is 1.26. The maximum Gasteiger partial charge on any atom is 0.318 e. The lowest BCUT2D eigenvalue weighted by Crippen LogP contribution is -2.55. The van der Waals surface area contributed by atoms with Crippen LogP contribution in [-0.2, 0) is 17.6 Å². The highest BCUT2D eigenvalue weighted by Crippen LogP contribution is 2.47. The summed E-state index contributed by atoms with van der Waals surface area (Å²) in [7, 11) is 2.12. The third-order valence-corrected chi connectivity index (χ3v) is 10.2. The third kappa shape index (κ3) is 5.92. The standard InChI is InChI=1S/C33H42FN7O3/c1-3-29(43)41-19-18-40(21-23(41)10-14-35)31-25-9-11-33(12-16-39(17-13-33)30-26(34)7-4-8-28(30)42)20-27(25)36-32(37-31)44-22-24-6-5-15-38(24)2/h3-4,7-8,23-24,42H,1,5-6,9-13,15-22H2,2H3/t23-,24-/m0/s1. The molecule has 6 rings (SSSR count). The fraction of sp³-hybridized carbons (Fsp3) is 0.576. The number of para-hydroxylation sites is 1. The van der Waals surface area contributed by atoms with Crippen LogP contribution in [0, 0.1) is 22.6 Å². The number of phenols is 1. The molecule has 4 heterocycles. The Morgan fingerprint density at radius 3 is 2.70 bits per heavy atom. The maximum absolute atomic E-state index is 14.6. The topological polar surface area (TPSA) is 109 Å². The van der Waals surface area contributed by atoms with Gasteiger partial charge in [-0.05, 0) is 82.2 Å². The van der Waals surface area contributed by atoms with E-state index in [9.17, 15) is 19.6 Å². The number of fused-ring (bicyclic) bond motifs is 1. The van der Waals surface area contributed by atoms with Crippen molar-refractivity contribution in [2.24, 2.45) is 5.41 Å². The molecule has 2 atom stereocenters. The monoisotopic (exact) mass is 603 g/mol. The minimum absolute atomic E-state index is 0.0217. The van der Waals surface area contributed by atoms with E-state index in [1.54, 1.807) is 4.90 Å². The number of amides is 1. The first kappa shape index (κ1) is 30.1. The number of likely N-dealkylation sites (N-methyl/N-ethyl adjacent to an activating group) is 1. The number of nitriles is 1. The van der Waals surface area contributed by atoms with Crippen LogP contribution in [0.3, 0.4) is 0 Å². The number of aromatic nitrogens is 2. The van der Waals surface area contributed by atoms with E-state index in [1.807, 2.05) is 4.90 Å². The number of piperazine rings is 1. The van der Waals surface area contributed by atoms with Gasteiger partial charge in [-0.1, -0.05) is 12.6 Å². The van der Waals surface area contributed by atoms with Crippen LogP contribution < -0.4 is 14.5 Å². The van der Waals surface area contributed by atoms with Gasteiger partial charge in [0, 0.05) is 44.3 Å².